The number of para-hydroxylation sites is 1. The Labute approximate surface area is 144 Å². The van der Waals surface area contributed by atoms with Gasteiger partial charge in [-0.15, -0.1) is 5.10 Å². The number of likely N-dealkylation sites (tertiary alicyclic amines) is 1. The van der Waals surface area contributed by atoms with Crippen LogP contribution in [-0.2, 0) is 0 Å². The zero-order valence-corrected chi connectivity index (χ0v) is 13.5. The number of rotatable bonds is 4. The van der Waals surface area contributed by atoms with Gasteiger partial charge in [0.05, 0.1) is 18.4 Å². The molecule has 7 nitrogen and oxygen atoms in total. The molecule has 1 saturated heterocycles. The SMILES string of the molecule is O=C(c1cnn(-c2ccccc2)n1)N1CC[C@@H](Oc2ccncc2)C1. The van der Waals surface area contributed by atoms with Crippen molar-refractivity contribution in [2.45, 2.75) is 12.5 Å². The number of benzene rings is 1. The number of carbonyl (C=O) groups is 1. The highest BCUT2D eigenvalue weighted by molar-refractivity contribution is 5.92. The van der Waals surface area contributed by atoms with Crippen LogP contribution in [0.3, 0.4) is 0 Å². The Morgan fingerprint density at radius 3 is 2.72 bits per heavy atom. The number of nitrogens with zero attached hydrogens (tertiary/aromatic N) is 5. The molecule has 0 spiro atoms. The van der Waals surface area contributed by atoms with Crippen LogP contribution in [0.15, 0.2) is 61.1 Å². The first-order valence-electron chi connectivity index (χ1n) is 8.13. The summed E-state index contributed by atoms with van der Waals surface area (Å²) in [5.41, 5.74) is 1.16. The molecule has 2 aromatic heterocycles. The van der Waals surface area contributed by atoms with Crippen LogP contribution >= 0.6 is 0 Å². The van der Waals surface area contributed by atoms with E-state index in [0.29, 0.717) is 18.8 Å². The van der Waals surface area contributed by atoms with Gasteiger partial charge < -0.3 is 9.64 Å². The van der Waals surface area contributed by atoms with Crippen molar-refractivity contribution in [2.75, 3.05) is 13.1 Å². The van der Waals surface area contributed by atoms with Crippen LogP contribution in [0.4, 0.5) is 0 Å². The van der Waals surface area contributed by atoms with Gasteiger partial charge in [0, 0.05) is 25.4 Å². The third kappa shape index (κ3) is 3.35. The summed E-state index contributed by atoms with van der Waals surface area (Å²) in [7, 11) is 0. The third-order valence-corrected chi connectivity index (χ3v) is 4.08. The van der Waals surface area contributed by atoms with Crippen molar-refractivity contribution in [3.05, 3.63) is 66.7 Å². The van der Waals surface area contributed by atoms with Crippen LogP contribution in [0.25, 0.3) is 5.69 Å². The predicted molar refractivity (Wildman–Crippen MR) is 90.5 cm³/mol. The van der Waals surface area contributed by atoms with Crippen molar-refractivity contribution in [2.24, 2.45) is 0 Å². The van der Waals surface area contributed by atoms with E-state index >= 15 is 0 Å². The summed E-state index contributed by atoms with van der Waals surface area (Å²) in [5.74, 6) is 0.646. The van der Waals surface area contributed by atoms with E-state index in [9.17, 15) is 4.79 Å². The summed E-state index contributed by atoms with van der Waals surface area (Å²) in [5, 5.41) is 8.48. The molecule has 7 heteroatoms. The first-order chi connectivity index (χ1) is 12.3. The molecule has 3 aromatic rings. The van der Waals surface area contributed by atoms with Gasteiger partial charge in [-0.25, -0.2) is 0 Å². The maximum absolute atomic E-state index is 12.6. The second kappa shape index (κ2) is 6.72. The van der Waals surface area contributed by atoms with Gasteiger partial charge in [-0.2, -0.15) is 9.90 Å². The summed E-state index contributed by atoms with van der Waals surface area (Å²) < 4.78 is 5.89. The van der Waals surface area contributed by atoms with Gasteiger partial charge in [0.1, 0.15) is 11.9 Å². The lowest BCUT2D eigenvalue weighted by molar-refractivity contribution is 0.0766. The van der Waals surface area contributed by atoms with Gasteiger partial charge in [-0.3, -0.25) is 9.78 Å². The molecule has 0 unspecified atom stereocenters. The molecule has 0 radical (unpaired) electrons. The van der Waals surface area contributed by atoms with Crippen molar-refractivity contribution >= 4 is 5.91 Å². The monoisotopic (exact) mass is 335 g/mol. The summed E-state index contributed by atoms with van der Waals surface area (Å²) in [6, 6.07) is 13.1. The van der Waals surface area contributed by atoms with E-state index in [1.807, 2.05) is 42.5 Å². The van der Waals surface area contributed by atoms with Crippen molar-refractivity contribution < 1.29 is 9.53 Å². The Hall–Kier alpha value is -3.22. The number of aromatic nitrogens is 4. The molecule has 3 heterocycles. The quantitative estimate of drug-likeness (QED) is 0.729. The fraction of sp³-hybridized carbons (Fsp3) is 0.222. The van der Waals surface area contributed by atoms with E-state index in [2.05, 4.69) is 15.2 Å². The van der Waals surface area contributed by atoms with Crippen LogP contribution in [0.1, 0.15) is 16.9 Å². The fourth-order valence-corrected chi connectivity index (χ4v) is 2.83. The number of carbonyl (C=O) groups excluding carboxylic acids is 1. The molecule has 1 aromatic carbocycles. The number of ether oxygens (including phenoxy) is 1. The minimum Gasteiger partial charge on any atom is -0.488 e. The lowest BCUT2D eigenvalue weighted by Crippen LogP contribution is -2.31. The number of pyridine rings is 1. The van der Waals surface area contributed by atoms with Crippen molar-refractivity contribution in [3.8, 4) is 11.4 Å². The molecule has 0 bridgehead atoms. The van der Waals surface area contributed by atoms with E-state index in [1.54, 1.807) is 17.3 Å². The van der Waals surface area contributed by atoms with E-state index in [-0.39, 0.29) is 12.0 Å². The molecular weight excluding hydrogens is 318 g/mol. The standard InChI is InChI=1S/C18H17N5O2/c24-18(17-12-20-23(21-17)14-4-2-1-3-5-14)22-11-8-16(13-22)25-15-6-9-19-10-7-15/h1-7,9-10,12,16H,8,11,13H2/t16-/m1/s1. The van der Waals surface area contributed by atoms with Gasteiger partial charge in [0.2, 0.25) is 0 Å². The van der Waals surface area contributed by atoms with Crippen LogP contribution < -0.4 is 4.74 Å². The molecule has 1 amide bonds. The molecule has 1 atom stereocenters. The van der Waals surface area contributed by atoms with Gasteiger partial charge in [-0.1, -0.05) is 18.2 Å². The van der Waals surface area contributed by atoms with Gasteiger partial charge in [-0.05, 0) is 24.3 Å². The first-order valence-corrected chi connectivity index (χ1v) is 8.13. The molecule has 126 valence electrons. The molecule has 4 rings (SSSR count). The lowest BCUT2D eigenvalue weighted by atomic mass is 10.3. The molecule has 0 aliphatic carbocycles. The summed E-state index contributed by atoms with van der Waals surface area (Å²) >= 11 is 0. The number of hydrogen-bond acceptors (Lipinski definition) is 5. The van der Waals surface area contributed by atoms with Gasteiger partial charge in [0.25, 0.3) is 5.91 Å². The van der Waals surface area contributed by atoms with Gasteiger partial charge in [0.15, 0.2) is 5.69 Å². The second-order valence-corrected chi connectivity index (χ2v) is 5.82. The molecule has 0 saturated carbocycles. The van der Waals surface area contributed by atoms with Crippen molar-refractivity contribution in [1.82, 2.24) is 24.9 Å². The zero-order valence-electron chi connectivity index (χ0n) is 13.5. The van der Waals surface area contributed by atoms with E-state index in [0.717, 1.165) is 17.9 Å². The molecule has 25 heavy (non-hydrogen) atoms. The summed E-state index contributed by atoms with van der Waals surface area (Å²) in [4.78, 5) is 19.8. The Morgan fingerprint density at radius 1 is 1.12 bits per heavy atom. The van der Waals surface area contributed by atoms with Crippen molar-refractivity contribution in [1.29, 1.82) is 0 Å². The molecule has 1 aliphatic heterocycles. The topological polar surface area (TPSA) is 73.1 Å². The van der Waals surface area contributed by atoms with Crippen LogP contribution in [-0.4, -0.2) is 50.0 Å². The molecule has 1 fully saturated rings. The highest BCUT2D eigenvalue weighted by atomic mass is 16.5. The average molecular weight is 335 g/mol. The first kappa shape index (κ1) is 15.3. The Balaban J connectivity index is 1.41. The summed E-state index contributed by atoms with van der Waals surface area (Å²) in [6.07, 6.45) is 5.66. The van der Waals surface area contributed by atoms with Crippen molar-refractivity contribution in [3.63, 3.8) is 0 Å². The second-order valence-electron chi connectivity index (χ2n) is 5.82. The highest BCUT2D eigenvalue weighted by Gasteiger charge is 2.29. The number of hydrogen-bond donors (Lipinski definition) is 0. The highest BCUT2D eigenvalue weighted by Crippen LogP contribution is 2.19. The third-order valence-electron chi connectivity index (χ3n) is 4.08. The Kier molecular flexibility index (Phi) is 4.12. The molecule has 0 N–H and O–H groups in total. The smallest absolute Gasteiger partial charge is 0.276 e. The maximum Gasteiger partial charge on any atom is 0.276 e. The van der Waals surface area contributed by atoms with Crippen LogP contribution in [0.5, 0.6) is 5.75 Å². The molecule has 1 aliphatic rings. The van der Waals surface area contributed by atoms with Crippen LogP contribution in [0, 0.1) is 0 Å². The van der Waals surface area contributed by atoms with E-state index < -0.39 is 0 Å². The Bertz CT molecular complexity index is 850. The normalized spacial score (nSPS) is 16.8. The van der Waals surface area contributed by atoms with E-state index in [1.165, 1.54) is 11.0 Å². The molecular formula is C18H17N5O2. The summed E-state index contributed by atoms with van der Waals surface area (Å²) in [6.45, 7) is 1.19. The van der Waals surface area contributed by atoms with Crippen LogP contribution in [0.2, 0.25) is 0 Å². The van der Waals surface area contributed by atoms with E-state index in [4.69, 9.17) is 4.74 Å². The predicted octanol–water partition coefficient (Wildman–Crippen LogP) is 1.96. The minimum atomic E-state index is -0.122. The number of amides is 1. The lowest BCUT2D eigenvalue weighted by Gasteiger charge is -2.16. The average Bonchev–Trinajstić information content (AvgIpc) is 3.33. The largest absolute Gasteiger partial charge is 0.488 e. The zero-order chi connectivity index (χ0) is 17.1. The minimum absolute atomic E-state index is 0.0180. The maximum atomic E-state index is 12.6. The fourth-order valence-electron chi connectivity index (χ4n) is 2.83. The van der Waals surface area contributed by atoms with Gasteiger partial charge >= 0.3 is 0 Å². The Morgan fingerprint density at radius 2 is 1.92 bits per heavy atom.